The molecule has 128 valence electrons. The number of thioether (sulfide) groups is 1. The zero-order valence-corrected chi connectivity index (χ0v) is 13.5. The lowest BCUT2D eigenvalue weighted by atomic mass is 10.1. The van der Waals surface area contributed by atoms with Crippen LogP contribution in [0, 0.1) is 42.9 Å². The summed E-state index contributed by atoms with van der Waals surface area (Å²) in [4.78, 5) is 10.8. The number of anilines is 1. The second-order valence-corrected chi connectivity index (χ2v) is 6.04. The number of aryl methyl sites for hydroxylation is 2. The van der Waals surface area contributed by atoms with E-state index in [1.165, 1.54) is 0 Å². The third-order valence-corrected chi connectivity index (χ3v) is 4.23. The van der Waals surface area contributed by atoms with Crippen molar-refractivity contribution in [2.45, 2.75) is 18.7 Å². The van der Waals surface area contributed by atoms with Crippen LogP contribution in [0.3, 0.4) is 0 Å². The fraction of sp³-hybridized carbons (Fsp3) is 0.188. The Labute approximate surface area is 139 Å². The van der Waals surface area contributed by atoms with Gasteiger partial charge in [-0.25, -0.2) is 22.0 Å². The van der Waals surface area contributed by atoms with Crippen molar-refractivity contribution in [3.8, 4) is 0 Å². The summed E-state index contributed by atoms with van der Waals surface area (Å²) in [7, 11) is 0. The summed E-state index contributed by atoms with van der Waals surface area (Å²) in [5.41, 5.74) is 2.27. The van der Waals surface area contributed by atoms with Crippen molar-refractivity contribution in [1.82, 2.24) is 0 Å². The van der Waals surface area contributed by atoms with E-state index < -0.39 is 45.6 Å². The summed E-state index contributed by atoms with van der Waals surface area (Å²) in [5, 5.41) is 2.52. The Balaban J connectivity index is 2.12. The molecule has 0 aromatic heterocycles. The number of benzene rings is 2. The molecule has 8 heteroatoms. The maximum Gasteiger partial charge on any atom is 0.234 e. The van der Waals surface area contributed by atoms with Gasteiger partial charge < -0.3 is 5.32 Å². The number of nitrogens with one attached hydrogen (secondary N) is 1. The lowest BCUT2D eigenvalue weighted by Crippen LogP contribution is -2.15. The van der Waals surface area contributed by atoms with Crippen molar-refractivity contribution in [3.05, 3.63) is 58.4 Å². The lowest BCUT2D eigenvalue weighted by Gasteiger charge is -2.10. The Morgan fingerprint density at radius 1 is 0.958 bits per heavy atom. The van der Waals surface area contributed by atoms with Gasteiger partial charge in [-0.1, -0.05) is 17.7 Å². The Morgan fingerprint density at radius 2 is 1.50 bits per heavy atom. The fourth-order valence-corrected chi connectivity index (χ4v) is 2.77. The van der Waals surface area contributed by atoms with E-state index in [0.717, 1.165) is 11.1 Å². The molecule has 2 aromatic rings. The highest BCUT2D eigenvalue weighted by molar-refractivity contribution is 8.00. The molecule has 0 spiro atoms. The van der Waals surface area contributed by atoms with Crippen LogP contribution in [-0.2, 0) is 4.79 Å². The van der Waals surface area contributed by atoms with Crippen molar-refractivity contribution in [3.63, 3.8) is 0 Å². The predicted molar refractivity (Wildman–Crippen MR) is 81.5 cm³/mol. The number of amides is 1. The first-order valence-corrected chi connectivity index (χ1v) is 7.72. The van der Waals surface area contributed by atoms with E-state index in [2.05, 4.69) is 5.32 Å². The highest BCUT2D eigenvalue weighted by Gasteiger charge is 2.26. The number of carbonyl (C=O) groups excluding carboxylic acids is 1. The lowest BCUT2D eigenvalue weighted by molar-refractivity contribution is -0.113. The molecule has 0 aliphatic carbocycles. The van der Waals surface area contributed by atoms with Crippen LogP contribution < -0.4 is 5.32 Å². The zero-order chi connectivity index (χ0) is 18.0. The maximum absolute atomic E-state index is 13.5. The van der Waals surface area contributed by atoms with E-state index in [9.17, 15) is 26.7 Å². The van der Waals surface area contributed by atoms with Gasteiger partial charge in [0, 0.05) is 5.69 Å². The average molecular weight is 361 g/mol. The van der Waals surface area contributed by atoms with Gasteiger partial charge in [0.15, 0.2) is 23.3 Å². The quantitative estimate of drug-likeness (QED) is 0.369. The molecule has 0 radical (unpaired) electrons. The molecule has 0 bridgehead atoms. The topological polar surface area (TPSA) is 29.1 Å². The summed E-state index contributed by atoms with van der Waals surface area (Å²) in [5.74, 6) is -11.3. The SMILES string of the molecule is Cc1ccc(NC(=O)CSc2c(F)c(F)c(F)c(F)c2F)c(C)c1. The van der Waals surface area contributed by atoms with Gasteiger partial charge in [0.05, 0.1) is 10.6 Å². The number of hydrogen-bond acceptors (Lipinski definition) is 2. The van der Waals surface area contributed by atoms with Crippen LogP contribution in [0.5, 0.6) is 0 Å². The minimum atomic E-state index is -2.23. The van der Waals surface area contributed by atoms with Gasteiger partial charge in [-0.05, 0) is 25.5 Å². The smallest absolute Gasteiger partial charge is 0.234 e. The summed E-state index contributed by atoms with van der Waals surface area (Å²) < 4.78 is 66.2. The van der Waals surface area contributed by atoms with Crippen molar-refractivity contribution in [2.75, 3.05) is 11.1 Å². The van der Waals surface area contributed by atoms with Crippen molar-refractivity contribution in [1.29, 1.82) is 0 Å². The third-order valence-electron chi connectivity index (χ3n) is 3.17. The second-order valence-electron chi connectivity index (χ2n) is 5.05. The molecule has 1 N–H and O–H groups in total. The maximum atomic E-state index is 13.5. The fourth-order valence-electron chi connectivity index (χ4n) is 1.99. The first-order chi connectivity index (χ1) is 11.2. The second kappa shape index (κ2) is 7.21. The number of halogens is 5. The van der Waals surface area contributed by atoms with E-state index in [0.29, 0.717) is 5.69 Å². The molecule has 0 heterocycles. The molecule has 0 unspecified atom stereocenters. The van der Waals surface area contributed by atoms with Crippen LogP contribution in [0.15, 0.2) is 23.1 Å². The minimum absolute atomic E-state index is 0.238. The van der Waals surface area contributed by atoms with E-state index in [4.69, 9.17) is 0 Å². The summed E-state index contributed by atoms with van der Waals surface area (Å²) in [6, 6.07) is 5.25. The Bertz CT molecular complexity index is 781. The monoisotopic (exact) mass is 361 g/mol. The summed E-state index contributed by atoms with van der Waals surface area (Å²) in [6.45, 7) is 3.64. The number of rotatable bonds is 4. The molecule has 2 rings (SSSR count). The van der Waals surface area contributed by atoms with Crippen molar-refractivity contribution in [2.24, 2.45) is 0 Å². The molecule has 2 nitrogen and oxygen atoms in total. The molecular weight excluding hydrogens is 349 g/mol. The molecule has 0 fully saturated rings. The number of carbonyl (C=O) groups is 1. The molecule has 2 aromatic carbocycles. The van der Waals surface area contributed by atoms with E-state index in [1.54, 1.807) is 19.1 Å². The van der Waals surface area contributed by atoms with Gasteiger partial charge in [0.2, 0.25) is 11.7 Å². The average Bonchev–Trinajstić information content (AvgIpc) is 2.53. The Hall–Kier alpha value is -2.09. The van der Waals surface area contributed by atoms with Crippen LogP contribution in [0.25, 0.3) is 0 Å². The Kier molecular flexibility index (Phi) is 5.48. The predicted octanol–water partition coefficient (Wildman–Crippen LogP) is 4.73. The van der Waals surface area contributed by atoms with Crippen molar-refractivity contribution >= 4 is 23.4 Å². The van der Waals surface area contributed by atoms with Gasteiger partial charge in [-0.15, -0.1) is 11.8 Å². The van der Waals surface area contributed by atoms with Crippen LogP contribution in [0.2, 0.25) is 0 Å². The normalized spacial score (nSPS) is 10.8. The zero-order valence-electron chi connectivity index (χ0n) is 12.6. The third kappa shape index (κ3) is 3.69. The standard InChI is InChI=1S/C16H12F5NOS/c1-7-3-4-9(8(2)5-7)22-10(23)6-24-16-14(20)12(18)11(17)13(19)15(16)21/h3-5H,6H2,1-2H3,(H,22,23). The van der Waals surface area contributed by atoms with E-state index in [1.807, 2.05) is 13.0 Å². The number of hydrogen-bond donors (Lipinski definition) is 1. The van der Waals surface area contributed by atoms with E-state index in [-0.39, 0.29) is 11.8 Å². The van der Waals surface area contributed by atoms with E-state index >= 15 is 0 Å². The molecule has 0 saturated heterocycles. The van der Waals surface area contributed by atoms with Gasteiger partial charge in [-0.3, -0.25) is 4.79 Å². The highest BCUT2D eigenvalue weighted by Crippen LogP contribution is 2.31. The summed E-state index contributed by atoms with van der Waals surface area (Å²) >= 11 is 0.238. The minimum Gasteiger partial charge on any atom is -0.325 e. The molecule has 0 aliphatic heterocycles. The van der Waals surface area contributed by atoms with Crippen LogP contribution >= 0.6 is 11.8 Å². The molecular formula is C16H12F5NOS. The largest absolute Gasteiger partial charge is 0.325 e. The van der Waals surface area contributed by atoms with Gasteiger partial charge >= 0.3 is 0 Å². The first-order valence-electron chi connectivity index (χ1n) is 6.73. The van der Waals surface area contributed by atoms with Crippen LogP contribution in [0.1, 0.15) is 11.1 Å². The van der Waals surface area contributed by atoms with Gasteiger partial charge in [-0.2, -0.15) is 0 Å². The van der Waals surface area contributed by atoms with Crippen LogP contribution in [0.4, 0.5) is 27.6 Å². The van der Waals surface area contributed by atoms with Gasteiger partial charge in [0.1, 0.15) is 0 Å². The van der Waals surface area contributed by atoms with Gasteiger partial charge in [0.25, 0.3) is 0 Å². The molecule has 0 atom stereocenters. The molecule has 0 saturated carbocycles. The molecule has 1 amide bonds. The van der Waals surface area contributed by atoms with Crippen molar-refractivity contribution < 1.29 is 26.7 Å². The highest BCUT2D eigenvalue weighted by atomic mass is 32.2. The molecule has 24 heavy (non-hydrogen) atoms. The first kappa shape index (κ1) is 18.3. The molecule has 0 aliphatic rings. The Morgan fingerprint density at radius 3 is 2.04 bits per heavy atom. The van der Waals surface area contributed by atoms with Crippen LogP contribution in [-0.4, -0.2) is 11.7 Å². The summed E-state index contributed by atoms with van der Waals surface area (Å²) in [6.07, 6.45) is 0.